The zero-order valence-corrected chi connectivity index (χ0v) is 8.39. The fraction of sp³-hybridized carbons (Fsp3) is 0.286. The summed E-state index contributed by atoms with van der Waals surface area (Å²) in [6.07, 6.45) is -3.50. The molecule has 78 valence electrons. The third-order valence-electron chi connectivity index (χ3n) is 1.31. The minimum absolute atomic E-state index is 0.0570. The number of ether oxygens (including phenoxy) is 1. The van der Waals surface area contributed by atoms with Gasteiger partial charge in [-0.25, -0.2) is 0 Å². The van der Waals surface area contributed by atoms with E-state index in [1.54, 1.807) is 0 Å². The molecule has 0 unspecified atom stereocenters. The number of halogens is 4. The van der Waals surface area contributed by atoms with Gasteiger partial charge in [0, 0.05) is 18.8 Å². The topological polar surface area (TPSA) is 48.1 Å². The van der Waals surface area contributed by atoms with Crippen molar-refractivity contribution in [2.75, 3.05) is 0 Å². The Hall–Kier alpha value is -0.820. The van der Waals surface area contributed by atoms with Gasteiger partial charge in [-0.15, -0.1) is 13.2 Å². The molecule has 0 spiro atoms. The second-order valence-electron chi connectivity index (χ2n) is 2.36. The van der Waals surface area contributed by atoms with Crippen molar-refractivity contribution in [1.82, 2.24) is 4.98 Å². The van der Waals surface area contributed by atoms with E-state index in [1.165, 1.54) is 6.20 Å². The van der Waals surface area contributed by atoms with Crippen molar-refractivity contribution in [3.8, 4) is 5.75 Å². The van der Waals surface area contributed by atoms with Gasteiger partial charge < -0.3 is 10.5 Å². The number of nitrogens with zero attached hydrogens (tertiary/aromatic N) is 1. The molecule has 0 aliphatic rings. The highest BCUT2D eigenvalue weighted by Gasteiger charge is 2.32. The Morgan fingerprint density at radius 2 is 2.14 bits per heavy atom. The molecule has 1 aromatic heterocycles. The molecule has 0 amide bonds. The molecule has 0 saturated carbocycles. The maximum atomic E-state index is 11.9. The lowest BCUT2D eigenvalue weighted by Gasteiger charge is -2.10. The second kappa shape index (κ2) is 4.14. The lowest BCUT2D eigenvalue weighted by molar-refractivity contribution is -0.274. The third kappa shape index (κ3) is 3.15. The van der Waals surface area contributed by atoms with Gasteiger partial charge in [0.15, 0.2) is 0 Å². The molecule has 1 aromatic rings. The fourth-order valence-corrected chi connectivity index (χ4v) is 1.07. The lowest BCUT2D eigenvalue weighted by atomic mass is 10.3. The van der Waals surface area contributed by atoms with E-state index in [0.717, 1.165) is 6.07 Å². The van der Waals surface area contributed by atoms with Crippen LogP contribution in [0.3, 0.4) is 0 Å². The van der Waals surface area contributed by atoms with Crippen LogP contribution in [0.1, 0.15) is 5.69 Å². The number of pyridine rings is 1. The zero-order valence-electron chi connectivity index (χ0n) is 6.81. The van der Waals surface area contributed by atoms with Crippen LogP contribution in [-0.4, -0.2) is 11.3 Å². The van der Waals surface area contributed by atoms with E-state index in [4.69, 9.17) is 5.73 Å². The van der Waals surface area contributed by atoms with Crippen molar-refractivity contribution in [2.24, 2.45) is 5.73 Å². The van der Waals surface area contributed by atoms with Crippen LogP contribution in [-0.2, 0) is 6.54 Å². The zero-order chi connectivity index (χ0) is 10.8. The third-order valence-corrected chi connectivity index (χ3v) is 1.91. The number of alkyl halides is 3. The molecule has 3 nitrogen and oxygen atoms in total. The Labute approximate surface area is 86.2 Å². The predicted molar refractivity (Wildman–Crippen MR) is 46.5 cm³/mol. The molecule has 0 aromatic carbocycles. The maximum Gasteiger partial charge on any atom is 0.573 e. The van der Waals surface area contributed by atoms with Gasteiger partial charge in [0.25, 0.3) is 0 Å². The van der Waals surface area contributed by atoms with Crippen molar-refractivity contribution in [1.29, 1.82) is 0 Å². The number of hydrogen-bond acceptors (Lipinski definition) is 3. The highest BCUT2D eigenvalue weighted by atomic mass is 79.9. The summed E-state index contributed by atoms with van der Waals surface area (Å²) in [5.41, 5.74) is 5.54. The Bertz CT molecular complexity index is 329. The summed E-state index contributed by atoms with van der Waals surface area (Å²) >= 11 is 2.88. The highest BCUT2D eigenvalue weighted by Crippen LogP contribution is 2.29. The predicted octanol–water partition coefficient (Wildman–Crippen LogP) is 2.20. The van der Waals surface area contributed by atoms with Gasteiger partial charge in [0.1, 0.15) is 5.75 Å². The van der Waals surface area contributed by atoms with Gasteiger partial charge in [-0.2, -0.15) is 0 Å². The first-order valence-corrected chi connectivity index (χ1v) is 4.32. The minimum atomic E-state index is -4.71. The molecule has 1 heterocycles. The molecule has 0 atom stereocenters. The monoisotopic (exact) mass is 270 g/mol. The van der Waals surface area contributed by atoms with Crippen LogP contribution in [0, 0.1) is 0 Å². The first-order valence-electron chi connectivity index (χ1n) is 3.52. The number of rotatable bonds is 2. The smallest absolute Gasteiger partial charge is 0.404 e. The fourth-order valence-electron chi connectivity index (χ4n) is 0.775. The lowest BCUT2D eigenvalue weighted by Crippen LogP contribution is -2.17. The van der Waals surface area contributed by atoms with Gasteiger partial charge in [0.2, 0.25) is 0 Å². The molecule has 2 N–H and O–H groups in total. The van der Waals surface area contributed by atoms with Crippen LogP contribution in [0.4, 0.5) is 13.2 Å². The van der Waals surface area contributed by atoms with E-state index in [-0.39, 0.29) is 16.8 Å². The average Bonchev–Trinajstić information content (AvgIpc) is 2.06. The Morgan fingerprint density at radius 3 is 2.64 bits per heavy atom. The number of hydrogen-bond donors (Lipinski definition) is 1. The molecule has 1 rings (SSSR count). The molecule has 0 aliphatic carbocycles. The van der Waals surface area contributed by atoms with Crippen molar-refractivity contribution in [3.63, 3.8) is 0 Å². The van der Waals surface area contributed by atoms with Crippen LogP contribution in [0.15, 0.2) is 16.7 Å². The standard InChI is InChI=1S/C7H6BrF3N2O/c8-5-3-13-4(2-12)1-6(5)14-7(9,10)11/h1,3H,2,12H2. The van der Waals surface area contributed by atoms with Crippen molar-refractivity contribution >= 4 is 15.9 Å². The van der Waals surface area contributed by atoms with Crippen molar-refractivity contribution < 1.29 is 17.9 Å². The maximum absolute atomic E-state index is 11.9. The van der Waals surface area contributed by atoms with Gasteiger partial charge >= 0.3 is 6.36 Å². The summed E-state index contributed by atoms with van der Waals surface area (Å²) in [7, 11) is 0. The first kappa shape index (κ1) is 11.3. The largest absolute Gasteiger partial charge is 0.573 e. The van der Waals surface area contributed by atoms with E-state index in [1.807, 2.05) is 0 Å². The molecule has 0 saturated heterocycles. The van der Waals surface area contributed by atoms with Gasteiger partial charge in [-0.05, 0) is 15.9 Å². The van der Waals surface area contributed by atoms with Crippen LogP contribution < -0.4 is 10.5 Å². The van der Waals surface area contributed by atoms with Gasteiger partial charge in [-0.3, -0.25) is 4.98 Å². The molecular formula is C7H6BrF3N2O. The first-order chi connectivity index (χ1) is 6.42. The Kier molecular flexibility index (Phi) is 3.33. The Balaban J connectivity index is 2.95. The molecule has 0 bridgehead atoms. The van der Waals surface area contributed by atoms with Crippen molar-refractivity contribution in [3.05, 3.63) is 22.4 Å². The summed E-state index contributed by atoms with van der Waals surface area (Å²) in [5, 5.41) is 0. The second-order valence-corrected chi connectivity index (χ2v) is 3.21. The SMILES string of the molecule is NCc1cc(OC(F)(F)F)c(Br)cn1. The molecule has 7 heteroatoms. The van der Waals surface area contributed by atoms with E-state index in [9.17, 15) is 13.2 Å². The molecular weight excluding hydrogens is 265 g/mol. The number of nitrogens with two attached hydrogens (primary N) is 1. The van der Waals surface area contributed by atoms with E-state index in [2.05, 4.69) is 25.7 Å². The normalized spacial score (nSPS) is 11.5. The van der Waals surface area contributed by atoms with E-state index in [0.29, 0.717) is 5.69 Å². The van der Waals surface area contributed by atoms with Crippen LogP contribution in [0.2, 0.25) is 0 Å². The van der Waals surface area contributed by atoms with E-state index >= 15 is 0 Å². The van der Waals surface area contributed by atoms with Gasteiger partial charge in [0.05, 0.1) is 10.2 Å². The molecule has 0 aliphatic heterocycles. The summed E-state index contributed by atoms with van der Waals surface area (Å²) in [4.78, 5) is 3.77. The highest BCUT2D eigenvalue weighted by molar-refractivity contribution is 9.10. The summed E-state index contributed by atoms with van der Waals surface area (Å²) in [6.45, 7) is 0.0570. The quantitative estimate of drug-likeness (QED) is 0.897. The van der Waals surface area contributed by atoms with Crippen molar-refractivity contribution in [2.45, 2.75) is 12.9 Å². The summed E-state index contributed by atoms with van der Waals surface area (Å²) in [5.74, 6) is -0.340. The Morgan fingerprint density at radius 1 is 1.50 bits per heavy atom. The van der Waals surface area contributed by atoms with Crippen LogP contribution in [0.25, 0.3) is 0 Å². The van der Waals surface area contributed by atoms with Crippen LogP contribution >= 0.6 is 15.9 Å². The minimum Gasteiger partial charge on any atom is -0.404 e. The molecule has 0 fully saturated rings. The average molecular weight is 271 g/mol. The molecule has 14 heavy (non-hydrogen) atoms. The number of aromatic nitrogens is 1. The van der Waals surface area contributed by atoms with Gasteiger partial charge in [-0.1, -0.05) is 0 Å². The summed E-state index contributed by atoms with van der Waals surface area (Å²) < 4.78 is 39.5. The molecule has 0 radical (unpaired) electrons. The van der Waals surface area contributed by atoms with Crippen LogP contribution in [0.5, 0.6) is 5.75 Å². The summed E-state index contributed by atoms with van der Waals surface area (Å²) in [6, 6.07) is 1.14. The van der Waals surface area contributed by atoms with E-state index < -0.39 is 6.36 Å².